The first kappa shape index (κ1) is 34.0. The van der Waals surface area contributed by atoms with E-state index in [1.807, 2.05) is 18.2 Å². The van der Waals surface area contributed by atoms with Gasteiger partial charge in [-0.25, -0.2) is 22.4 Å². The Balaban J connectivity index is 1.60. The number of likely N-dealkylation sites (tertiary alicyclic amines) is 2. The van der Waals surface area contributed by atoms with Gasteiger partial charge in [-0.1, -0.05) is 24.1 Å². The Hall–Kier alpha value is -3.84. The van der Waals surface area contributed by atoms with Crippen molar-refractivity contribution in [3.05, 3.63) is 82.4 Å². The zero-order chi connectivity index (χ0) is 34.2. The molecule has 256 valence electrons. The van der Waals surface area contributed by atoms with Gasteiger partial charge in [0.25, 0.3) is 15.9 Å². The molecule has 3 aromatic rings. The molecule has 11 nitrogen and oxygen atoms in total. The number of anilines is 1. The van der Waals surface area contributed by atoms with Gasteiger partial charge in [-0.2, -0.15) is 0 Å². The highest BCUT2D eigenvalue weighted by Crippen LogP contribution is 2.55. The lowest BCUT2D eigenvalue weighted by Gasteiger charge is -2.42. The van der Waals surface area contributed by atoms with Gasteiger partial charge in [0.1, 0.15) is 11.5 Å². The largest absolute Gasteiger partial charge is 0.497 e. The third-order valence-corrected chi connectivity index (χ3v) is 11.3. The lowest BCUT2D eigenvalue weighted by Crippen LogP contribution is -2.57. The number of rotatable bonds is 9. The number of fused-ring (bicyclic) bond motifs is 1. The lowest BCUT2D eigenvalue weighted by atomic mass is 9.80. The van der Waals surface area contributed by atoms with Gasteiger partial charge >= 0.3 is 6.09 Å². The molecule has 0 aromatic heterocycles. The Morgan fingerprint density at radius 1 is 0.917 bits per heavy atom. The maximum absolute atomic E-state index is 15.5. The molecule has 3 heterocycles. The number of carbonyl (C=O) groups excluding carboxylic acids is 2. The van der Waals surface area contributed by atoms with Gasteiger partial charge in [0.05, 0.1) is 24.8 Å². The number of ether oxygens (including phenoxy) is 3. The lowest BCUT2D eigenvalue weighted by molar-refractivity contribution is -0.132. The summed E-state index contributed by atoms with van der Waals surface area (Å²) in [6.45, 7) is 2.91. The summed E-state index contributed by atoms with van der Waals surface area (Å²) in [6, 6.07) is 16.4. The van der Waals surface area contributed by atoms with Gasteiger partial charge in [0.2, 0.25) is 0 Å². The van der Waals surface area contributed by atoms with E-state index in [1.165, 1.54) is 49.8 Å². The summed E-state index contributed by atoms with van der Waals surface area (Å²) in [5.74, 6) is 0.128. The van der Waals surface area contributed by atoms with Crippen molar-refractivity contribution in [2.75, 3.05) is 52.3 Å². The first-order valence-corrected chi connectivity index (χ1v) is 17.9. The molecule has 0 bridgehead atoms. The summed E-state index contributed by atoms with van der Waals surface area (Å²) >= 11 is 6.66. The van der Waals surface area contributed by atoms with Crippen molar-refractivity contribution < 1.29 is 32.2 Å². The van der Waals surface area contributed by atoms with Crippen molar-refractivity contribution in [1.82, 2.24) is 14.7 Å². The fraction of sp³-hybridized carbons (Fsp3) is 0.429. The molecular weight excluding hydrogens is 656 g/mol. The molecular formula is C35H41ClN4O7S. The number of sulfonamides is 1. The number of amides is 2. The third-order valence-electron chi connectivity index (χ3n) is 9.40. The van der Waals surface area contributed by atoms with Crippen LogP contribution < -0.4 is 13.8 Å². The average Bonchev–Trinajstić information content (AvgIpc) is 3.64. The first-order valence-electron chi connectivity index (χ1n) is 16.1. The predicted molar refractivity (Wildman–Crippen MR) is 182 cm³/mol. The molecule has 0 spiro atoms. The molecule has 2 fully saturated rings. The van der Waals surface area contributed by atoms with E-state index < -0.39 is 33.8 Å². The van der Waals surface area contributed by atoms with Crippen LogP contribution in [0, 0.1) is 0 Å². The van der Waals surface area contributed by atoms with E-state index >= 15 is 4.79 Å². The molecule has 0 saturated carbocycles. The molecule has 0 N–H and O–H groups in total. The Morgan fingerprint density at radius 3 is 2.31 bits per heavy atom. The van der Waals surface area contributed by atoms with Gasteiger partial charge < -0.3 is 19.1 Å². The van der Waals surface area contributed by atoms with E-state index in [9.17, 15) is 13.2 Å². The molecule has 48 heavy (non-hydrogen) atoms. The predicted octanol–water partition coefficient (Wildman–Crippen LogP) is 5.44. The van der Waals surface area contributed by atoms with Crippen LogP contribution in [-0.2, 0) is 31.6 Å². The van der Waals surface area contributed by atoms with E-state index in [-0.39, 0.29) is 10.6 Å². The van der Waals surface area contributed by atoms with Gasteiger partial charge in [-0.15, -0.1) is 0 Å². The molecule has 3 aliphatic heterocycles. The normalized spacial score (nSPS) is 21.6. The van der Waals surface area contributed by atoms with Crippen LogP contribution in [-0.4, -0.2) is 89.3 Å². The van der Waals surface area contributed by atoms with Crippen LogP contribution in [0.4, 0.5) is 10.5 Å². The fourth-order valence-corrected chi connectivity index (χ4v) is 8.74. The Bertz CT molecular complexity index is 1800. The molecule has 1 unspecified atom stereocenters. The summed E-state index contributed by atoms with van der Waals surface area (Å²) < 4.78 is 47.1. The Kier molecular flexibility index (Phi) is 9.63. The maximum atomic E-state index is 15.5. The van der Waals surface area contributed by atoms with E-state index in [4.69, 9.17) is 25.8 Å². The van der Waals surface area contributed by atoms with E-state index in [1.54, 1.807) is 37.2 Å². The van der Waals surface area contributed by atoms with Crippen LogP contribution in [0.1, 0.15) is 48.8 Å². The number of halogens is 1. The van der Waals surface area contributed by atoms with Crippen LogP contribution in [0.2, 0.25) is 5.02 Å². The second kappa shape index (κ2) is 13.6. The smallest absolute Gasteiger partial charge is 0.410 e. The molecule has 2 saturated heterocycles. The Labute approximate surface area is 286 Å². The van der Waals surface area contributed by atoms with Crippen molar-refractivity contribution in [1.29, 1.82) is 0 Å². The van der Waals surface area contributed by atoms with Crippen LogP contribution >= 0.6 is 11.6 Å². The highest BCUT2D eigenvalue weighted by molar-refractivity contribution is 7.93. The number of carbonyl (C=O) groups is 2. The van der Waals surface area contributed by atoms with E-state index in [0.717, 1.165) is 35.8 Å². The quantitative estimate of drug-likeness (QED) is 0.289. The number of piperidine rings is 1. The minimum Gasteiger partial charge on any atom is -0.497 e. The molecule has 3 aliphatic rings. The van der Waals surface area contributed by atoms with E-state index in [2.05, 4.69) is 4.90 Å². The highest BCUT2D eigenvalue weighted by Gasteiger charge is 2.63. The molecule has 0 radical (unpaired) electrons. The fourth-order valence-electron chi connectivity index (χ4n) is 7.11. The molecule has 6 rings (SSSR count). The third kappa shape index (κ3) is 5.89. The van der Waals surface area contributed by atoms with E-state index in [0.29, 0.717) is 53.6 Å². The minimum absolute atomic E-state index is 0.0869. The van der Waals surface area contributed by atoms with Crippen molar-refractivity contribution in [3.8, 4) is 11.5 Å². The van der Waals surface area contributed by atoms with Gasteiger partial charge in [0.15, 0.2) is 11.8 Å². The van der Waals surface area contributed by atoms with Crippen LogP contribution in [0.25, 0.3) is 0 Å². The van der Waals surface area contributed by atoms with Gasteiger partial charge in [-0.05, 0) is 98.9 Å². The molecule has 0 aliphatic carbocycles. The van der Waals surface area contributed by atoms with Gasteiger partial charge in [0, 0.05) is 43.3 Å². The molecule has 2 atom stereocenters. The highest BCUT2D eigenvalue weighted by atomic mass is 35.5. The second-order valence-electron chi connectivity index (χ2n) is 12.6. The number of methoxy groups -OCH3 is 2. The van der Waals surface area contributed by atoms with Crippen molar-refractivity contribution >= 4 is 39.3 Å². The minimum atomic E-state index is -4.46. The zero-order valence-electron chi connectivity index (χ0n) is 27.6. The molecule has 2 amide bonds. The summed E-state index contributed by atoms with van der Waals surface area (Å²) in [7, 11) is 1.73. The molecule has 3 aromatic carbocycles. The molecule has 13 heteroatoms. The summed E-state index contributed by atoms with van der Waals surface area (Å²) in [5.41, 5.74) is 0.136. The standard InChI is InChI=1S/C35H41ClN4O7S/c1-37(2)34(42)47-32-9-8-20-39(32)35(29-21-24(10-17-31(29)46-4)23-38-18-6-5-7-19-38)28-22-25(36)11-16-30(28)40(33(35)41)48(43,44)27-14-12-26(45-3)13-15-27/h10-17,21-22,32H,5-9,18-20,23H2,1-4H3/t32-,35?/m0/s1. The summed E-state index contributed by atoms with van der Waals surface area (Å²) in [5, 5.41) is 0.319. The van der Waals surface area contributed by atoms with Crippen molar-refractivity contribution in [3.63, 3.8) is 0 Å². The van der Waals surface area contributed by atoms with Gasteiger partial charge in [-0.3, -0.25) is 9.69 Å². The Morgan fingerprint density at radius 2 is 1.65 bits per heavy atom. The van der Waals surface area contributed by atoms with Crippen molar-refractivity contribution in [2.45, 2.75) is 55.3 Å². The van der Waals surface area contributed by atoms with Crippen molar-refractivity contribution in [2.24, 2.45) is 0 Å². The number of hydrogen-bond acceptors (Lipinski definition) is 9. The number of benzene rings is 3. The van der Waals surface area contributed by atoms with Crippen LogP contribution in [0.5, 0.6) is 11.5 Å². The van der Waals surface area contributed by atoms with Crippen LogP contribution in [0.15, 0.2) is 65.6 Å². The van der Waals surface area contributed by atoms with Crippen LogP contribution in [0.3, 0.4) is 0 Å². The number of nitrogens with zero attached hydrogens (tertiary/aromatic N) is 4. The summed E-state index contributed by atoms with van der Waals surface area (Å²) in [6.07, 6.45) is 3.02. The topological polar surface area (TPSA) is 109 Å². The monoisotopic (exact) mass is 696 g/mol. The zero-order valence-corrected chi connectivity index (χ0v) is 29.2. The maximum Gasteiger partial charge on any atom is 0.410 e. The average molecular weight is 697 g/mol. The SMILES string of the molecule is COc1ccc(S(=O)(=O)N2C(=O)C(c3cc(CN4CCCCC4)ccc3OC)(N3CCC[C@@H]3OC(=O)N(C)C)c3cc(Cl)ccc32)cc1. The summed E-state index contributed by atoms with van der Waals surface area (Å²) in [4.78, 5) is 33.9. The first-order chi connectivity index (χ1) is 23.0. The second-order valence-corrected chi connectivity index (χ2v) is 14.8. The number of hydrogen-bond donors (Lipinski definition) is 0.